The van der Waals surface area contributed by atoms with Crippen molar-refractivity contribution in [3.05, 3.63) is 52.8 Å². The van der Waals surface area contributed by atoms with Crippen LogP contribution in [0, 0.1) is 0 Å². The van der Waals surface area contributed by atoms with Crippen LogP contribution in [0.3, 0.4) is 0 Å². The van der Waals surface area contributed by atoms with Gasteiger partial charge in [0.05, 0.1) is 16.5 Å². The first-order valence-corrected chi connectivity index (χ1v) is 11.3. The van der Waals surface area contributed by atoms with E-state index in [1.54, 1.807) is 30.6 Å². The minimum atomic E-state index is 0.0414. The second kappa shape index (κ2) is 9.81. The van der Waals surface area contributed by atoms with Crippen LogP contribution in [-0.4, -0.2) is 48.4 Å². The summed E-state index contributed by atoms with van der Waals surface area (Å²) >= 11 is 14.0. The van der Waals surface area contributed by atoms with E-state index in [1.165, 1.54) is 11.8 Å². The average Bonchev–Trinajstić information content (AvgIpc) is 3.12. The molecule has 158 valence electrons. The van der Waals surface area contributed by atoms with Gasteiger partial charge in [0.1, 0.15) is 0 Å². The molecule has 2 aromatic heterocycles. The maximum atomic E-state index is 12.8. The molecule has 0 unspecified atom stereocenters. The van der Waals surface area contributed by atoms with E-state index in [9.17, 15) is 4.79 Å². The number of hydrogen-bond donors (Lipinski definition) is 0. The Hall–Kier alpha value is -2.09. The standard InChI is InChI=1S/C21H23Cl2N5OS/c1-13(2)27(14(3)4)19(29)12-30-21-26-25-20(15-6-5-9-24-11-15)28(21)18-10-16(22)7-8-17(18)23/h5-11,13-14H,12H2,1-4H3. The predicted octanol–water partition coefficient (Wildman–Crippen LogP) is 5.37. The van der Waals surface area contributed by atoms with Crippen LogP contribution in [-0.2, 0) is 4.79 Å². The maximum absolute atomic E-state index is 12.8. The zero-order valence-electron chi connectivity index (χ0n) is 17.2. The van der Waals surface area contributed by atoms with E-state index >= 15 is 0 Å². The van der Waals surface area contributed by atoms with Gasteiger partial charge >= 0.3 is 0 Å². The lowest BCUT2D eigenvalue weighted by molar-refractivity contribution is -0.131. The molecular formula is C21H23Cl2N5OS. The molecule has 0 aliphatic rings. The Morgan fingerprint density at radius 3 is 2.50 bits per heavy atom. The maximum Gasteiger partial charge on any atom is 0.233 e. The molecule has 0 saturated carbocycles. The number of benzene rings is 1. The Bertz CT molecular complexity index is 1020. The highest BCUT2D eigenvalue weighted by Gasteiger charge is 2.23. The van der Waals surface area contributed by atoms with Gasteiger partial charge < -0.3 is 4.90 Å². The number of aromatic nitrogens is 4. The van der Waals surface area contributed by atoms with Crippen LogP contribution in [0.5, 0.6) is 0 Å². The lowest BCUT2D eigenvalue weighted by Gasteiger charge is -2.30. The third-order valence-electron chi connectivity index (χ3n) is 4.43. The molecule has 0 spiro atoms. The number of carbonyl (C=O) groups is 1. The number of halogens is 2. The van der Waals surface area contributed by atoms with Gasteiger partial charge in [0.2, 0.25) is 5.91 Å². The first-order chi connectivity index (χ1) is 14.3. The molecule has 0 N–H and O–H groups in total. The number of hydrogen-bond acceptors (Lipinski definition) is 5. The van der Waals surface area contributed by atoms with Crippen LogP contribution < -0.4 is 0 Å². The van der Waals surface area contributed by atoms with Gasteiger partial charge in [-0.1, -0.05) is 35.0 Å². The van der Waals surface area contributed by atoms with Gasteiger partial charge in [0.15, 0.2) is 11.0 Å². The summed E-state index contributed by atoms with van der Waals surface area (Å²) in [6.45, 7) is 8.04. The van der Waals surface area contributed by atoms with Crippen LogP contribution in [0.2, 0.25) is 10.0 Å². The van der Waals surface area contributed by atoms with Crippen molar-refractivity contribution < 1.29 is 4.79 Å². The first-order valence-electron chi connectivity index (χ1n) is 9.54. The molecular weight excluding hydrogens is 441 g/mol. The molecule has 0 aliphatic heterocycles. The summed E-state index contributed by atoms with van der Waals surface area (Å²) in [6, 6.07) is 9.16. The molecule has 3 aromatic rings. The number of amides is 1. The quantitative estimate of drug-likeness (QED) is 0.440. The monoisotopic (exact) mass is 463 g/mol. The summed E-state index contributed by atoms with van der Waals surface area (Å²) < 4.78 is 1.82. The Labute approximate surface area is 190 Å². The van der Waals surface area contributed by atoms with E-state index in [0.29, 0.717) is 26.7 Å². The van der Waals surface area contributed by atoms with Crippen LogP contribution in [0.4, 0.5) is 0 Å². The minimum Gasteiger partial charge on any atom is -0.337 e. The zero-order chi connectivity index (χ0) is 21.8. The van der Waals surface area contributed by atoms with Gasteiger partial charge in [-0.05, 0) is 58.0 Å². The fraction of sp³-hybridized carbons (Fsp3) is 0.333. The third-order valence-corrected chi connectivity index (χ3v) is 5.90. The number of nitrogens with zero attached hydrogens (tertiary/aromatic N) is 5. The molecule has 9 heteroatoms. The van der Waals surface area contributed by atoms with Crippen molar-refractivity contribution in [2.24, 2.45) is 0 Å². The fourth-order valence-corrected chi connectivity index (χ4v) is 4.48. The molecule has 1 amide bonds. The third kappa shape index (κ3) is 4.96. The Morgan fingerprint density at radius 2 is 1.87 bits per heavy atom. The SMILES string of the molecule is CC(C)N(C(=O)CSc1nnc(-c2cccnc2)n1-c1cc(Cl)ccc1Cl)C(C)C. The molecule has 30 heavy (non-hydrogen) atoms. The molecule has 0 fully saturated rings. The highest BCUT2D eigenvalue weighted by Crippen LogP contribution is 2.33. The van der Waals surface area contributed by atoms with Crippen molar-refractivity contribution in [1.82, 2.24) is 24.6 Å². The van der Waals surface area contributed by atoms with E-state index in [-0.39, 0.29) is 23.7 Å². The van der Waals surface area contributed by atoms with Gasteiger partial charge in [-0.15, -0.1) is 10.2 Å². The Kier molecular flexibility index (Phi) is 7.39. The summed E-state index contributed by atoms with van der Waals surface area (Å²) in [6.07, 6.45) is 3.40. The number of thioether (sulfide) groups is 1. The van der Waals surface area contributed by atoms with Crippen molar-refractivity contribution in [3.63, 3.8) is 0 Å². The van der Waals surface area contributed by atoms with E-state index in [2.05, 4.69) is 15.2 Å². The van der Waals surface area contributed by atoms with Crippen molar-refractivity contribution >= 4 is 40.9 Å². The normalized spacial score (nSPS) is 11.3. The van der Waals surface area contributed by atoms with Crippen molar-refractivity contribution in [1.29, 1.82) is 0 Å². The largest absolute Gasteiger partial charge is 0.337 e. The average molecular weight is 464 g/mol. The molecule has 0 atom stereocenters. The topological polar surface area (TPSA) is 63.9 Å². The molecule has 0 saturated heterocycles. The number of rotatable bonds is 7. The van der Waals surface area contributed by atoms with Crippen LogP contribution in [0.15, 0.2) is 47.9 Å². The molecule has 6 nitrogen and oxygen atoms in total. The van der Waals surface area contributed by atoms with Crippen LogP contribution >= 0.6 is 35.0 Å². The van der Waals surface area contributed by atoms with Crippen LogP contribution in [0.1, 0.15) is 27.7 Å². The van der Waals surface area contributed by atoms with Crippen LogP contribution in [0.25, 0.3) is 17.1 Å². The van der Waals surface area contributed by atoms with Crippen molar-refractivity contribution in [2.45, 2.75) is 44.9 Å². The summed E-state index contributed by atoms with van der Waals surface area (Å²) in [7, 11) is 0. The first kappa shape index (κ1) is 22.6. The van der Waals surface area contributed by atoms with Gasteiger partial charge in [0.25, 0.3) is 0 Å². The van der Waals surface area contributed by atoms with E-state index in [1.807, 2.05) is 49.3 Å². The number of carbonyl (C=O) groups excluding carboxylic acids is 1. The Morgan fingerprint density at radius 1 is 1.13 bits per heavy atom. The molecule has 1 aromatic carbocycles. The van der Waals surface area contributed by atoms with Gasteiger partial charge in [-0.2, -0.15) is 0 Å². The van der Waals surface area contributed by atoms with E-state index in [4.69, 9.17) is 23.2 Å². The molecule has 3 rings (SSSR count). The van der Waals surface area contributed by atoms with E-state index in [0.717, 1.165) is 5.56 Å². The van der Waals surface area contributed by atoms with Gasteiger partial charge in [-0.25, -0.2) is 0 Å². The highest BCUT2D eigenvalue weighted by atomic mass is 35.5. The van der Waals surface area contributed by atoms with E-state index < -0.39 is 0 Å². The summed E-state index contributed by atoms with van der Waals surface area (Å²) in [5, 5.41) is 10.3. The molecule has 0 radical (unpaired) electrons. The lowest BCUT2D eigenvalue weighted by atomic mass is 10.2. The van der Waals surface area contributed by atoms with Gasteiger partial charge in [0, 0.05) is 35.1 Å². The fourth-order valence-electron chi connectivity index (χ4n) is 3.29. The lowest BCUT2D eigenvalue weighted by Crippen LogP contribution is -2.43. The number of pyridine rings is 1. The van der Waals surface area contributed by atoms with Gasteiger partial charge in [-0.3, -0.25) is 14.3 Å². The summed E-state index contributed by atoms with van der Waals surface area (Å²) in [5.41, 5.74) is 1.43. The second-order valence-electron chi connectivity index (χ2n) is 7.26. The smallest absolute Gasteiger partial charge is 0.233 e. The molecule has 0 bridgehead atoms. The predicted molar refractivity (Wildman–Crippen MR) is 122 cm³/mol. The summed E-state index contributed by atoms with van der Waals surface area (Å²) in [5.74, 6) is 0.853. The molecule has 0 aliphatic carbocycles. The zero-order valence-corrected chi connectivity index (χ0v) is 19.5. The minimum absolute atomic E-state index is 0.0414. The highest BCUT2D eigenvalue weighted by molar-refractivity contribution is 7.99. The second-order valence-corrected chi connectivity index (χ2v) is 9.04. The van der Waals surface area contributed by atoms with Crippen molar-refractivity contribution in [2.75, 3.05) is 5.75 Å². The Balaban J connectivity index is 2.00. The van der Waals surface area contributed by atoms with Crippen molar-refractivity contribution in [3.8, 4) is 17.1 Å². The molecule has 2 heterocycles. The summed E-state index contributed by atoms with van der Waals surface area (Å²) in [4.78, 5) is 18.9.